The quantitative estimate of drug-likeness (QED) is 0.876. The summed E-state index contributed by atoms with van der Waals surface area (Å²) in [5.41, 5.74) is 8.60. The second-order valence-electron chi connectivity index (χ2n) is 5.04. The molecule has 1 atom stereocenters. The third kappa shape index (κ3) is 2.04. The van der Waals surface area contributed by atoms with E-state index in [-0.39, 0.29) is 6.04 Å². The van der Waals surface area contributed by atoms with Gasteiger partial charge in [0.1, 0.15) is 11.6 Å². The molecule has 2 aromatic rings. The van der Waals surface area contributed by atoms with Gasteiger partial charge in [0.05, 0.1) is 6.04 Å². The number of hydrogen-bond donors (Lipinski definition) is 1. The number of nitrogens with two attached hydrogens (primary N) is 1. The first-order valence-electron chi connectivity index (χ1n) is 6.47. The minimum absolute atomic E-state index is 0.0537. The molecule has 1 aromatic heterocycles. The Hall–Kier alpha value is -1.68. The van der Waals surface area contributed by atoms with E-state index in [9.17, 15) is 0 Å². The summed E-state index contributed by atoms with van der Waals surface area (Å²) in [5.74, 6) is 1.98. The Labute approximate surface area is 107 Å². The van der Waals surface area contributed by atoms with Gasteiger partial charge in [-0.05, 0) is 25.3 Å². The van der Waals surface area contributed by atoms with Crippen LogP contribution in [-0.4, -0.2) is 14.8 Å². The molecule has 1 aliphatic heterocycles. The lowest BCUT2D eigenvalue weighted by Crippen LogP contribution is -2.23. The molecule has 0 saturated carbocycles. The maximum absolute atomic E-state index is 6.05. The van der Waals surface area contributed by atoms with Crippen LogP contribution in [0.3, 0.4) is 0 Å². The first-order chi connectivity index (χ1) is 8.74. The lowest BCUT2D eigenvalue weighted by atomic mass is 10.1. The average molecular weight is 242 g/mol. The molecular weight excluding hydrogens is 224 g/mol. The van der Waals surface area contributed by atoms with Gasteiger partial charge >= 0.3 is 0 Å². The summed E-state index contributed by atoms with van der Waals surface area (Å²) >= 11 is 0. The second kappa shape index (κ2) is 4.53. The van der Waals surface area contributed by atoms with Crippen LogP contribution in [-0.2, 0) is 13.0 Å². The highest BCUT2D eigenvalue weighted by atomic mass is 15.3. The first kappa shape index (κ1) is 11.4. The van der Waals surface area contributed by atoms with E-state index < -0.39 is 0 Å². The van der Waals surface area contributed by atoms with Crippen molar-refractivity contribution in [3.05, 3.63) is 47.0 Å². The number of nitrogens with zero attached hydrogens (tertiary/aromatic N) is 3. The summed E-state index contributed by atoms with van der Waals surface area (Å²) in [4.78, 5) is 0. The van der Waals surface area contributed by atoms with Gasteiger partial charge in [0.15, 0.2) is 0 Å². The van der Waals surface area contributed by atoms with Gasteiger partial charge in [-0.2, -0.15) is 0 Å². The summed E-state index contributed by atoms with van der Waals surface area (Å²) in [7, 11) is 0. The molecule has 94 valence electrons. The molecule has 2 heterocycles. The number of rotatable bonds is 2. The van der Waals surface area contributed by atoms with Crippen LogP contribution in [0.2, 0.25) is 0 Å². The summed E-state index contributed by atoms with van der Waals surface area (Å²) in [6.45, 7) is 3.10. The molecule has 2 N–H and O–H groups in total. The predicted molar refractivity (Wildman–Crippen MR) is 70.2 cm³/mol. The van der Waals surface area contributed by atoms with Crippen molar-refractivity contribution in [1.29, 1.82) is 0 Å². The Balaban J connectivity index is 1.87. The van der Waals surface area contributed by atoms with E-state index in [4.69, 9.17) is 5.73 Å². The molecule has 0 radical (unpaired) electrons. The zero-order valence-electron chi connectivity index (χ0n) is 10.6. The van der Waals surface area contributed by atoms with Crippen LogP contribution >= 0.6 is 0 Å². The lowest BCUT2D eigenvalue weighted by molar-refractivity contribution is 0.444. The van der Waals surface area contributed by atoms with Crippen molar-refractivity contribution in [2.24, 2.45) is 5.73 Å². The third-order valence-electron chi connectivity index (χ3n) is 3.57. The molecule has 1 unspecified atom stereocenters. The van der Waals surface area contributed by atoms with Gasteiger partial charge < -0.3 is 10.3 Å². The molecule has 4 heteroatoms. The summed E-state index contributed by atoms with van der Waals surface area (Å²) in [5, 5.41) is 8.54. The number of fused-ring (bicyclic) bond motifs is 1. The lowest BCUT2D eigenvalue weighted by Gasteiger charge is -2.20. The molecule has 0 saturated heterocycles. The number of hydrogen-bond acceptors (Lipinski definition) is 3. The van der Waals surface area contributed by atoms with E-state index in [0.29, 0.717) is 0 Å². The normalized spacial score (nSPS) is 18.7. The van der Waals surface area contributed by atoms with Crippen LogP contribution in [0, 0.1) is 6.92 Å². The molecule has 0 spiro atoms. The van der Waals surface area contributed by atoms with E-state index in [1.807, 2.05) is 0 Å². The molecule has 18 heavy (non-hydrogen) atoms. The van der Waals surface area contributed by atoms with Gasteiger partial charge in [0.2, 0.25) is 0 Å². The minimum Gasteiger partial charge on any atom is -0.321 e. The minimum atomic E-state index is 0.0537. The van der Waals surface area contributed by atoms with Crippen molar-refractivity contribution in [3.63, 3.8) is 0 Å². The zero-order chi connectivity index (χ0) is 12.5. The Bertz CT molecular complexity index is 541. The van der Waals surface area contributed by atoms with Crippen molar-refractivity contribution >= 4 is 0 Å². The predicted octanol–water partition coefficient (Wildman–Crippen LogP) is 1.97. The fraction of sp³-hybridized carbons (Fsp3) is 0.429. The van der Waals surface area contributed by atoms with Gasteiger partial charge in [-0.1, -0.05) is 29.8 Å². The van der Waals surface area contributed by atoms with E-state index >= 15 is 0 Å². The maximum Gasteiger partial charge on any atom is 0.149 e. The van der Waals surface area contributed by atoms with Gasteiger partial charge in [0, 0.05) is 13.0 Å². The molecule has 3 rings (SSSR count). The Morgan fingerprint density at radius 2 is 2.06 bits per heavy atom. The highest BCUT2D eigenvalue weighted by Crippen LogP contribution is 2.22. The molecule has 4 nitrogen and oxygen atoms in total. The van der Waals surface area contributed by atoms with Crippen LogP contribution in [0.15, 0.2) is 24.3 Å². The molecule has 0 fully saturated rings. The van der Waals surface area contributed by atoms with E-state index in [0.717, 1.165) is 37.5 Å². The molecule has 0 aliphatic carbocycles. The van der Waals surface area contributed by atoms with Crippen LogP contribution in [0.25, 0.3) is 0 Å². The Morgan fingerprint density at radius 1 is 1.28 bits per heavy atom. The summed E-state index contributed by atoms with van der Waals surface area (Å²) in [6.07, 6.45) is 2.97. The molecular formula is C14H18N4. The van der Waals surface area contributed by atoms with Gasteiger partial charge in [-0.3, -0.25) is 0 Å². The van der Waals surface area contributed by atoms with E-state index in [1.54, 1.807) is 0 Å². The third-order valence-corrected chi connectivity index (χ3v) is 3.57. The average Bonchev–Trinajstić information content (AvgIpc) is 2.77. The van der Waals surface area contributed by atoms with Crippen LogP contribution in [0.5, 0.6) is 0 Å². The zero-order valence-corrected chi connectivity index (χ0v) is 10.6. The monoisotopic (exact) mass is 242 g/mol. The molecule has 0 amide bonds. The number of aryl methyl sites for hydroxylation is 1. The van der Waals surface area contributed by atoms with Crippen LogP contribution in [0.1, 0.15) is 41.7 Å². The van der Waals surface area contributed by atoms with Crippen molar-refractivity contribution in [2.75, 3.05) is 0 Å². The fourth-order valence-corrected chi connectivity index (χ4v) is 2.48. The van der Waals surface area contributed by atoms with E-state index in [1.165, 1.54) is 11.1 Å². The first-order valence-corrected chi connectivity index (χ1v) is 6.47. The van der Waals surface area contributed by atoms with Crippen molar-refractivity contribution < 1.29 is 0 Å². The molecule has 1 aromatic carbocycles. The van der Waals surface area contributed by atoms with Gasteiger partial charge in [-0.15, -0.1) is 10.2 Å². The molecule has 1 aliphatic rings. The van der Waals surface area contributed by atoms with Crippen molar-refractivity contribution in [3.8, 4) is 0 Å². The summed E-state index contributed by atoms with van der Waals surface area (Å²) < 4.78 is 2.19. The Kier molecular flexibility index (Phi) is 2.88. The SMILES string of the molecule is Cc1ccc(Cc2nnc3n2CCCC3N)cc1. The topological polar surface area (TPSA) is 56.7 Å². The highest BCUT2D eigenvalue weighted by Gasteiger charge is 2.21. The standard InChI is InChI=1S/C14H18N4/c1-10-4-6-11(7-5-10)9-13-16-17-14-12(15)3-2-8-18(13)14/h4-7,12H,2-3,8-9,15H2,1H3. The van der Waals surface area contributed by atoms with Gasteiger partial charge in [-0.25, -0.2) is 0 Å². The van der Waals surface area contributed by atoms with Gasteiger partial charge in [0.25, 0.3) is 0 Å². The van der Waals surface area contributed by atoms with Crippen LogP contribution < -0.4 is 5.73 Å². The second-order valence-corrected chi connectivity index (χ2v) is 5.04. The number of aromatic nitrogens is 3. The van der Waals surface area contributed by atoms with Crippen LogP contribution in [0.4, 0.5) is 0 Å². The highest BCUT2D eigenvalue weighted by molar-refractivity contribution is 5.24. The summed E-state index contributed by atoms with van der Waals surface area (Å²) in [6, 6.07) is 8.63. The maximum atomic E-state index is 6.05. The van der Waals surface area contributed by atoms with E-state index in [2.05, 4.69) is 46.0 Å². The number of benzene rings is 1. The Morgan fingerprint density at radius 3 is 2.83 bits per heavy atom. The van der Waals surface area contributed by atoms with Crippen molar-refractivity contribution in [1.82, 2.24) is 14.8 Å². The molecule has 0 bridgehead atoms. The smallest absolute Gasteiger partial charge is 0.149 e. The fourth-order valence-electron chi connectivity index (χ4n) is 2.48. The van der Waals surface area contributed by atoms with Crippen molar-refractivity contribution in [2.45, 2.75) is 38.8 Å². The largest absolute Gasteiger partial charge is 0.321 e.